The average Bonchev–Trinajstić information content (AvgIpc) is 2.50. The van der Waals surface area contributed by atoms with Gasteiger partial charge in [-0.05, 0) is 25.2 Å². The number of carbonyl (C=O) groups is 1. The molecule has 11 heavy (non-hydrogen) atoms. The fourth-order valence-electron chi connectivity index (χ4n) is 1.55. The van der Waals surface area contributed by atoms with Crippen molar-refractivity contribution in [1.82, 2.24) is 0 Å². The van der Waals surface area contributed by atoms with Crippen LogP contribution in [0.1, 0.15) is 26.2 Å². The summed E-state index contributed by atoms with van der Waals surface area (Å²) in [6, 6.07) is 0. The predicted octanol–water partition coefficient (Wildman–Crippen LogP) is 1.91. The molecule has 0 bridgehead atoms. The van der Waals surface area contributed by atoms with E-state index in [1.54, 1.807) is 0 Å². The lowest BCUT2D eigenvalue weighted by Crippen LogP contribution is -2.10. The van der Waals surface area contributed by atoms with Crippen molar-refractivity contribution in [1.29, 1.82) is 0 Å². The van der Waals surface area contributed by atoms with Crippen molar-refractivity contribution >= 4 is 5.97 Å². The monoisotopic (exact) mass is 154 g/mol. The highest BCUT2D eigenvalue weighted by Crippen LogP contribution is 2.28. The Hall–Kier alpha value is -0.790. The van der Waals surface area contributed by atoms with E-state index in [1.807, 2.05) is 6.08 Å². The molecule has 62 valence electrons. The van der Waals surface area contributed by atoms with Gasteiger partial charge < -0.3 is 4.74 Å². The third-order valence-electron chi connectivity index (χ3n) is 2.23. The summed E-state index contributed by atoms with van der Waals surface area (Å²) in [5.74, 6) is 0.303. The molecule has 1 aliphatic rings. The summed E-state index contributed by atoms with van der Waals surface area (Å²) in [6.07, 6.45) is 5.19. The maximum absolute atomic E-state index is 11.1. The molecule has 0 amide bonds. The molecule has 1 unspecified atom stereocenters. The van der Waals surface area contributed by atoms with E-state index in [0.29, 0.717) is 5.92 Å². The lowest BCUT2D eigenvalue weighted by molar-refractivity contribution is -0.136. The van der Waals surface area contributed by atoms with Crippen LogP contribution in [0, 0.1) is 5.92 Å². The van der Waals surface area contributed by atoms with Crippen molar-refractivity contribution in [2.75, 3.05) is 7.11 Å². The van der Waals surface area contributed by atoms with Crippen molar-refractivity contribution in [2.45, 2.75) is 26.2 Å². The van der Waals surface area contributed by atoms with Crippen LogP contribution in [0.25, 0.3) is 0 Å². The van der Waals surface area contributed by atoms with Gasteiger partial charge in [0.1, 0.15) is 0 Å². The minimum absolute atomic E-state index is 0.144. The fourth-order valence-corrected chi connectivity index (χ4v) is 1.55. The molecule has 0 heterocycles. The molecule has 0 aromatic heterocycles. The zero-order valence-corrected chi connectivity index (χ0v) is 7.09. The molecule has 0 aliphatic heterocycles. The second-order valence-electron chi connectivity index (χ2n) is 2.83. The van der Waals surface area contributed by atoms with E-state index in [9.17, 15) is 4.79 Å². The van der Waals surface area contributed by atoms with Gasteiger partial charge in [-0.2, -0.15) is 0 Å². The SMILES string of the molecule is CCC1CCC=C1C(=O)OC. The zero-order valence-electron chi connectivity index (χ0n) is 7.09. The first-order valence-corrected chi connectivity index (χ1v) is 4.08. The minimum Gasteiger partial charge on any atom is -0.466 e. The summed E-state index contributed by atoms with van der Waals surface area (Å²) in [5, 5.41) is 0. The molecular formula is C9H14O2. The smallest absolute Gasteiger partial charge is 0.333 e. The van der Waals surface area contributed by atoms with E-state index in [2.05, 4.69) is 11.7 Å². The van der Waals surface area contributed by atoms with Crippen LogP contribution in [-0.4, -0.2) is 13.1 Å². The third-order valence-corrected chi connectivity index (χ3v) is 2.23. The second-order valence-corrected chi connectivity index (χ2v) is 2.83. The van der Waals surface area contributed by atoms with Crippen LogP contribution >= 0.6 is 0 Å². The largest absolute Gasteiger partial charge is 0.466 e. The van der Waals surface area contributed by atoms with Gasteiger partial charge in [-0.3, -0.25) is 0 Å². The molecule has 1 aliphatic carbocycles. The van der Waals surface area contributed by atoms with Crippen molar-refractivity contribution in [2.24, 2.45) is 5.92 Å². The maximum Gasteiger partial charge on any atom is 0.333 e. The Kier molecular flexibility index (Phi) is 2.69. The summed E-state index contributed by atoms with van der Waals surface area (Å²) in [5.41, 5.74) is 0.884. The number of carbonyl (C=O) groups excluding carboxylic acids is 1. The Balaban J connectivity index is 2.62. The zero-order chi connectivity index (χ0) is 8.27. The van der Waals surface area contributed by atoms with E-state index >= 15 is 0 Å². The Labute approximate surface area is 67.2 Å². The van der Waals surface area contributed by atoms with E-state index in [-0.39, 0.29) is 5.97 Å². The van der Waals surface area contributed by atoms with E-state index in [1.165, 1.54) is 7.11 Å². The van der Waals surface area contributed by atoms with Crippen molar-refractivity contribution in [3.63, 3.8) is 0 Å². The molecule has 1 rings (SSSR count). The van der Waals surface area contributed by atoms with Crippen LogP contribution in [0.2, 0.25) is 0 Å². The van der Waals surface area contributed by atoms with E-state index in [0.717, 1.165) is 24.8 Å². The number of hydrogen-bond acceptors (Lipinski definition) is 2. The average molecular weight is 154 g/mol. The number of esters is 1. The van der Waals surface area contributed by atoms with Gasteiger partial charge >= 0.3 is 5.97 Å². The highest BCUT2D eigenvalue weighted by molar-refractivity contribution is 5.89. The molecule has 2 nitrogen and oxygen atoms in total. The Morgan fingerprint density at radius 3 is 3.09 bits per heavy atom. The molecule has 0 fully saturated rings. The van der Waals surface area contributed by atoms with Crippen LogP contribution in [-0.2, 0) is 9.53 Å². The molecule has 0 aromatic carbocycles. The Bertz CT molecular complexity index is 182. The normalized spacial score (nSPS) is 23.1. The molecule has 1 atom stereocenters. The first-order valence-electron chi connectivity index (χ1n) is 4.08. The van der Waals surface area contributed by atoms with Gasteiger partial charge in [0.05, 0.1) is 7.11 Å². The van der Waals surface area contributed by atoms with Gasteiger partial charge in [-0.25, -0.2) is 4.79 Å². The first kappa shape index (κ1) is 8.31. The quantitative estimate of drug-likeness (QED) is 0.568. The van der Waals surface area contributed by atoms with Crippen molar-refractivity contribution in [3.8, 4) is 0 Å². The number of hydrogen-bond donors (Lipinski definition) is 0. The molecule has 0 saturated heterocycles. The molecule has 0 aromatic rings. The van der Waals surface area contributed by atoms with Crippen molar-refractivity contribution in [3.05, 3.63) is 11.6 Å². The molecular weight excluding hydrogens is 140 g/mol. The number of ether oxygens (including phenoxy) is 1. The fraction of sp³-hybridized carbons (Fsp3) is 0.667. The van der Waals surface area contributed by atoms with E-state index in [4.69, 9.17) is 0 Å². The summed E-state index contributed by atoms with van der Waals surface area (Å²) < 4.78 is 4.66. The lowest BCUT2D eigenvalue weighted by Gasteiger charge is -2.09. The van der Waals surface area contributed by atoms with Gasteiger partial charge in [-0.15, -0.1) is 0 Å². The molecule has 0 saturated carbocycles. The molecule has 2 heteroatoms. The second kappa shape index (κ2) is 3.56. The van der Waals surface area contributed by atoms with Crippen LogP contribution in [0.4, 0.5) is 0 Å². The topological polar surface area (TPSA) is 26.3 Å². The van der Waals surface area contributed by atoms with Gasteiger partial charge in [0.25, 0.3) is 0 Å². The van der Waals surface area contributed by atoms with Crippen LogP contribution < -0.4 is 0 Å². The first-order chi connectivity index (χ1) is 5.29. The summed E-state index contributed by atoms with van der Waals surface area (Å²) in [7, 11) is 1.44. The highest BCUT2D eigenvalue weighted by Gasteiger charge is 2.23. The van der Waals surface area contributed by atoms with Gasteiger partial charge in [0.2, 0.25) is 0 Å². The summed E-state index contributed by atoms with van der Waals surface area (Å²) in [6.45, 7) is 2.10. The standard InChI is InChI=1S/C9H14O2/c1-3-7-5-4-6-8(7)9(10)11-2/h6-7H,3-5H2,1-2H3. The van der Waals surface area contributed by atoms with Crippen LogP contribution in [0.5, 0.6) is 0 Å². The number of rotatable bonds is 2. The Morgan fingerprint density at radius 2 is 2.55 bits per heavy atom. The number of allylic oxidation sites excluding steroid dienone is 1. The highest BCUT2D eigenvalue weighted by atomic mass is 16.5. The van der Waals surface area contributed by atoms with E-state index < -0.39 is 0 Å². The Morgan fingerprint density at radius 1 is 1.82 bits per heavy atom. The van der Waals surface area contributed by atoms with Crippen molar-refractivity contribution < 1.29 is 9.53 Å². The summed E-state index contributed by atoms with van der Waals surface area (Å²) >= 11 is 0. The van der Waals surface area contributed by atoms with Gasteiger partial charge in [-0.1, -0.05) is 13.0 Å². The van der Waals surface area contributed by atoms with Crippen LogP contribution in [0.15, 0.2) is 11.6 Å². The summed E-state index contributed by atoms with van der Waals surface area (Å²) in [4.78, 5) is 11.1. The predicted molar refractivity (Wildman–Crippen MR) is 43.1 cm³/mol. The number of methoxy groups -OCH3 is 1. The molecule has 0 spiro atoms. The van der Waals surface area contributed by atoms with Crippen LogP contribution in [0.3, 0.4) is 0 Å². The lowest BCUT2D eigenvalue weighted by atomic mass is 9.99. The molecule has 0 radical (unpaired) electrons. The maximum atomic E-state index is 11.1. The minimum atomic E-state index is -0.144. The third kappa shape index (κ3) is 1.62. The van der Waals surface area contributed by atoms with Gasteiger partial charge in [0, 0.05) is 5.57 Å². The molecule has 0 N–H and O–H groups in total. The van der Waals surface area contributed by atoms with Gasteiger partial charge in [0.15, 0.2) is 0 Å².